The van der Waals surface area contributed by atoms with E-state index in [1.807, 2.05) is 0 Å². The van der Waals surface area contributed by atoms with Gasteiger partial charge in [-0.15, -0.1) is 0 Å². The molecule has 0 spiro atoms. The molecule has 0 saturated heterocycles. The molecular formula is C14H30N2O. The second-order valence-corrected chi connectivity index (χ2v) is 4.62. The molecule has 0 bridgehead atoms. The van der Waals surface area contributed by atoms with E-state index in [-0.39, 0.29) is 0 Å². The van der Waals surface area contributed by atoms with Gasteiger partial charge in [-0.05, 0) is 59.0 Å². The van der Waals surface area contributed by atoms with Crippen molar-refractivity contribution in [3.63, 3.8) is 0 Å². The van der Waals surface area contributed by atoms with Crippen LogP contribution < -0.4 is 0 Å². The molecule has 17 heavy (non-hydrogen) atoms. The summed E-state index contributed by atoms with van der Waals surface area (Å²) < 4.78 is 0. The van der Waals surface area contributed by atoms with E-state index >= 15 is 0 Å². The molecule has 0 aliphatic carbocycles. The van der Waals surface area contributed by atoms with Crippen molar-refractivity contribution in [2.45, 2.75) is 47.0 Å². The molecule has 102 valence electrons. The minimum atomic E-state index is 0.309. The highest BCUT2D eigenvalue weighted by Gasteiger charge is 2.04. The lowest BCUT2D eigenvalue weighted by Gasteiger charge is -2.23. The smallest absolute Gasteiger partial charge is 0.129 e. The first-order chi connectivity index (χ1) is 8.13. The summed E-state index contributed by atoms with van der Waals surface area (Å²) in [7, 11) is 0. The van der Waals surface area contributed by atoms with Crippen LogP contribution in [0.15, 0.2) is 0 Å². The van der Waals surface area contributed by atoms with Crippen molar-refractivity contribution in [2.24, 2.45) is 0 Å². The highest BCUT2D eigenvalue weighted by Crippen LogP contribution is 1.99. The van der Waals surface area contributed by atoms with Crippen molar-refractivity contribution in [3.8, 4) is 0 Å². The van der Waals surface area contributed by atoms with Gasteiger partial charge in [0.15, 0.2) is 0 Å². The molecule has 0 radical (unpaired) electrons. The van der Waals surface area contributed by atoms with Gasteiger partial charge >= 0.3 is 0 Å². The first-order valence-corrected chi connectivity index (χ1v) is 7.08. The molecular weight excluding hydrogens is 212 g/mol. The van der Waals surface area contributed by atoms with Crippen LogP contribution in [0.3, 0.4) is 0 Å². The Labute approximate surface area is 107 Å². The first kappa shape index (κ1) is 16.6. The zero-order chi connectivity index (χ0) is 13.1. The molecule has 0 rings (SSSR count). The van der Waals surface area contributed by atoms with Crippen molar-refractivity contribution in [1.82, 2.24) is 9.80 Å². The largest absolute Gasteiger partial charge is 0.304 e. The Morgan fingerprint density at radius 1 is 0.824 bits per heavy atom. The number of rotatable bonds is 11. The zero-order valence-corrected chi connectivity index (χ0v) is 12.2. The van der Waals surface area contributed by atoms with Crippen LogP contribution in [0.4, 0.5) is 0 Å². The minimum Gasteiger partial charge on any atom is -0.304 e. The highest BCUT2D eigenvalue weighted by molar-refractivity contribution is 5.75. The monoisotopic (exact) mass is 242 g/mol. The summed E-state index contributed by atoms with van der Waals surface area (Å²) in [4.78, 5) is 15.8. The van der Waals surface area contributed by atoms with Gasteiger partial charge in [0, 0.05) is 6.42 Å². The third-order valence-electron chi connectivity index (χ3n) is 3.29. The fourth-order valence-electron chi connectivity index (χ4n) is 2.04. The number of hydrogen-bond acceptors (Lipinski definition) is 3. The Bertz CT molecular complexity index is 191. The Kier molecular flexibility index (Phi) is 10.5. The number of nitrogens with zero attached hydrogens (tertiary/aromatic N) is 2. The van der Waals surface area contributed by atoms with Gasteiger partial charge in [0.1, 0.15) is 5.78 Å². The Hall–Kier alpha value is -0.410. The predicted molar refractivity (Wildman–Crippen MR) is 74.4 cm³/mol. The maximum Gasteiger partial charge on any atom is 0.129 e. The predicted octanol–water partition coefficient (Wildman–Crippen LogP) is 2.41. The maximum absolute atomic E-state index is 10.9. The zero-order valence-electron chi connectivity index (χ0n) is 12.2. The molecule has 0 aliphatic heterocycles. The second kappa shape index (κ2) is 10.7. The third-order valence-corrected chi connectivity index (χ3v) is 3.29. The Morgan fingerprint density at radius 2 is 1.29 bits per heavy atom. The average Bonchev–Trinajstić information content (AvgIpc) is 2.32. The van der Waals surface area contributed by atoms with E-state index in [2.05, 4.69) is 30.6 Å². The van der Waals surface area contributed by atoms with Crippen LogP contribution in [-0.2, 0) is 4.79 Å². The van der Waals surface area contributed by atoms with Crippen molar-refractivity contribution in [2.75, 3.05) is 39.3 Å². The van der Waals surface area contributed by atoms with Gasteiger partial charge in [-0.1, -0.05) is 20.8 Å². The van der Waals surface area contributed by atoms with Gasteiger partial charge < -0.3 is 14.6 Å². The van der Waals surface area contributed by atoms with E-state index in [1.54, 1.807) is 6.92 Å². The van der Waals surface area contributed by atoms with Gasteiger partial charge in [0.2, 0.25) is 0 Å². The summed E-state index contributed by atoms with van der Waals surface area (Å²) in [5.41, 5.74) is 0. The van der Waals surface area contributed by atoms with Gasteiger partial charge in [0.25, 0.3) is 0 Å². The normalized spacial score (nSPS) is 11.4. The van der Waals surface area contributed by atoms with Crippen LogP contribution in [0.25, 0.3) is 0 Å². The number of ketones is 1. The van der Waals surface area contributed by atoms with Gasteiger partial charge in [0.05, 0.1) is 0 Å². The maximum atomic E-state index is 10.9. The molecule has 0 N–H and O–H groups in total. The fraction of sp³-hybridized carbons (Fsp3) is 0.929. The summed E-state index contributed by atoms with van der Waals surface area (Å²) in [6.45, 7) is 15.1. The molecule has 0 aliphatic rings. The lowest BCUT2D eigenvalue weighted by molar-refractivity contribution is -0.117. The molecule has 3 heteroatoms. The number of hydrogen-bond donors (Lipinski definition) is 0. The van der Waals surface area contributed by atoms with E-state index in [9.17, 15) is 4.79 Å². The number of carbonyl (C=O) groups is 1. The van der Waals surface area contributed by atoms with Gasteiger partial charge in [-0.25, -0.2) is 0 Å². The lowest BCUT2D eigenvalue weighted by atomic mass is 10.2. The highest BCUT2D eigenvalue weighted by atomic mass is 16.1. The minimum absolute atomic E-state index is 0.309. The van der Waals surface area contributed by atoms with Crippen LogP contribution in [0.1, 0.15) is 47.0 Å². The second-order valence-electron chi connectivity index (χ2n) is 4.62. The van der Waals surface area contributed by atoms with Crippen LogP contribution in [-0.4, -0.2) is 54.9 Å². The molecule has 0 aromatic rings. The SMILES string of the molecule is CCN(CC)CCCN(CC)CCCC(C)=O. The Morgan fingerprint density at radius 3 is 1.76 bits per heavy atom. The van der Waals surface area contributed by atoms with E-state index in [0.717, 1.165) is 45.6 Å². The van der Waals surface area contributed by atoms with Crippen molar-refractivity contribution >= 4 is 5.78 Å². The van der Waals surface area contributed by atoms with E-state index < -0.39 is 0 Å². The number of carbonyl (C=O) groups excluding carboxylic acids is 1. The van der Waals surface area contributed by atoms with Crippen molar-refractivity contribution < 1.29 is 4.79 Å². The van der Waals surface area contributed by atoms with Crippen LogP contribution in [0.5, 0.6) is 0 Å². The molecule has 3 nitrogen and oxygen atoms in total. The summed E-state index contributed by atoms with van der Waals surface area (Å²) in [5, 5.41) is 0. The summed E-state index contributed by atoms with van der Waals surface area (Å²) in [6, 6.07) is 0. The number of Topliss-reactive ketones (excluding diaryl/α,β-unsaturated/α-hetero) is 1. The summed E-state index contributed by atoms with van der Waals surface area (Å²) in [6.07, 6.45) is 2.97. The molecule has 0 saturated carbocycles. The lowest BCUT2D eigenvalue weighted by Crippen LogP contribution is -2.30. The van der Waals surface area contributed by atoms with E-state index in [0.29, 0.717) is 5.78 Å². The van der Waals surface area contributed by atoms with E-state index in [4.69, 9.17) is 0 Å². The summed E-state index contributed by atoms with van der Waals surface area (Å²) in [5.74, 6) is 0.309. The van der Waals surface area contributed by atoms with Crippen LogP contribution >= 0.6 is 0 Å². The molecule has 0 aromatic carbocycles. The molecule has 0 amide bonds. The molecule has 0 atom stereocenters. The van der Waals surface area contributed by atoms with Gasteiger partial charge in [-0.2, -0.15) is 0 Å². The topological polar surface area (TPSA) is 23.6 Å². The van der Waals surface area contributed by atoms with E-state index in [1.165, 1.54) is 13.0 Å². The average molecular weight is 242 g/mol. The van der Waals surface area contributed by atoms with Crippen LogP contribution in [0, 0.1) is 0 Å². The van der Waals surface area contributed by atoms with Crippen LogP contribution in [0.2, 0.25) is 0 Å². The van der Waals surface area contributed by atoms with Crippen molar-refractivity contribution in [1.29, 1.82) is 0 Å². The fourth-order valence-corrected chi connectivity index (χ4v) is 2.04. The molecule has 0 heterocycles. The first-order valence-electron chi connectivity index (χ1n) is 7.08. The summed E-state index contributed by atoms with van der Waals surface area (Å²) >= 11 is 0. The molecule has 0 fully saturated rings. The quantitative estimate of drug-likeness (QED) is 0.556. The van der Waals surface area contributed by atoms with Gasteiger partial charge in [-0.3, -0.25) is 0 Å². The third kappa shape index (κ3) is 9.31. The molecule has 0 aromatic heterocycles. The molecule has 0 unspecified atom stereocenters. The Balaban J connectivity index is 3.63. The standard InChI is InChI=1S/C14H30N2O/c1-5-15(6-2)12-9-13-16(7-3)11-8-10-14(4)17/h5-13H2,1-4H3. The van der Waals surface area contributed by atoms with Crippen molar-refractivity contribution in [3.05, 3.63) is 0 Å².